The molecule has 0 radical (unpaired) electrons. The fraction of sp³-hybridized carbons (Fsp3) is 0.625. The number of rotatable bonds is 12. The molecule has 0 aromatic heterocycles. The Balaban J connectivity index is 2.15. The van der Waals surface area contributed by atoms with E-state index in [1.54, 1.807) is 7.11 Å². The maximum Gasteiger partial charge on any atom is 0.0719 e. The van der Waals surface area contributed by atoms with Crippen LogP contribution >= 0.6 is 0 Å². The van der Waals surface area contributed by atoms with E-state index in [0.717, 1.165) is 32.7 Å². The number of hydrogen-bond donors (Lipinski definition) is 1. The van der Waals surface area contributed by atoms with E-state index in [4.69, 9.17) is 14.2 Å². The lowest BCUT2D eigenvalue weighted by atomic mass is 10.1. The molecule has 0 unspecified atom stereocenters. The Morgan fingerprint density at radius 2 is 1.80 bits per heavy atom. The predicted octanol–water partition coefficient (Wildman–Crippen LogP) is 2.37. The van der Waals surface area contributed by atoms with Gasteiger partial charge in [0, 0.05) is 26.9 Å². The van der Waals surface area contributed by atoms with Gasteiger partial charge in [-0.15, -0.1) is 0 Å². The number of methoxy groups -OCH3 is 1. The second-order valence-electron chi connectivity index (χ2n) is 4.54. The molecule has 0 aliphatic rings. The molecule has 1 rings (SSSR count). The largest absolute Gasteiger partial charge is 0.382 e. The predicted molar refractivity (Wildman–Crippen MR) is 80.8 cm³/mol. The highest BCUT2D eigenvalue weighted by Crippen LogP contribution is 2.09. The fourth-order valence-corrected chi connectivity index (χ4v) is 1.85. The molecule has 0 aliphatic carbocycles. The van der Waals surface area contributed by atoms with Crippen molar-refractivity contribution < 1.29 is 14.2 Å². The summed E-state index contributed by atoms with van der Waals surface area (Å²) < 4.78 is 15.8. The molecule has 0 saturated carbocycles. The smallest absolute Gasteiger partial charge is 0.0719 e. The van der Waals surface area contributed by atoms with E-state index in [0.29, 0.717) is 19.8 Å². The van der Waals surface area contributed by atoms with E-state index in [2.05, 4.69) is 29.6 Å². The Kier molecular flexibility index (Phi) is 10.1. The lowest BCUT2D eigenvalue weighted by Crippen LogP contribution is -2.18. The van der Waals surface area contributed by atoms with Crippen LogP contribution in [-0.4, -0.2) is 40.1 Å². The van der Waals surface area contributed by atoms with Crippen molar-refractivity contribution in [2.45, 2.75) is 26.5 Å². The van der Waals surface area contributed by atoms with Crippen LogP contribution in [0.1, 0.15) is 24.5 Å². The fourth-order valence-electron chi connectivity index (χ4n) is 1.85. The van der Waals surface area contributed by atoms with Crippen molar-refractivity contribution in [3.05, 3.63) is 35.4 Å². The van der Waals surface area contributed by atoms with Crippen LogP contribution < -0.4 is 5.32 Å². The van der Waals surface area contributed by atoms with Gasteiger partial charge in [0.05, 0.1) is 19.8 Å². The van der Waals surface area contributed by atoms with Crippen molar-refractivity contribution in [1.29, 1.82) is 0 Å². The zero-order valence-corrected chi connectivity index (χ0v) is 12.7. The van der Waals surface area contributed by atoms with Crippen molar-refractivity contribution in [2.75, 3.05) is 40.1 Å². The Bertz CT molecular complexity index is 344. The quantitative estimate of drug-likeness (QED) is 0.597. The first kappa shape index (κ1) is 17.1. The molecule has 0 spiro atoms. The summed E-state index contributed by atoms with van der Waals surface area (Å²) in [5.41, 5.74) is 2.57. The molecule has 1 aromatic carbocycles. The average Bonchev–Trinajstić information content (AvgIpc) is 2.49. The van der Waals surface area contributed by atoms with Crippen molar-refractivity contribution in [2.24, 2.45) is 0 Å². The van der Waals surface area contributed by atoms with Gasteiger partial charge in [-0.05, 0) is 31.0 Å². The molecule has 114 valence electrons. The summed E-state index contributed by atoms with van der Waals surface area (Å²) in [6.45, 7) is 7.40. The maximum absolute atomic E-state index is 5.48. The first-order valence-corrected chi connectivity index (χ1v) is 7.30. The van der Waals surface area contributed by atoms with Crippen LogP contribution in [0.3, 0.4) is 0 Å². The van der Waals surface area contributed by atoms with Gasteiger partial charge in [0.2, 0.25) is 0 Å². The van der Waals surface area contributed by atoms with E-state index in [1.165, 1.54) is 11.1 Å². The molecular formula is C16H27NO3. The second kappa shape index (κ2) is 11.9. The van der Waals surface area contributed by atoms with Crippen LogP contribution in [0, 0.1) is 0 Å². The third kappa shape index (κ3) is 7.60. The Morgan fingerprint density at radius 1 is 1.00 bits per heavy atom. The molecule has 0 atom stereocenters. The summed E-state index contributed by atoms with van der Waals surface area (Å²) in [6.07, 6.45) is 1.01. The van der Waals surface area contributed by atoms with E-state index in [9.17, 15) is 0 Å². The standard InChI is InChI=1S/C16H27NO3/c1-3-19-14-16-8-5-4-7-15(16)13-17-9-6-10-20-12-11-18-2/h4-5,7-8,17H,3,6,9-14H2,1-2H3. The van der Waals surface area contributed by atoms with E-state index in [1.807, 2.05) is 6.92 Å². The van der Waals surface area contributed by atoms with E-state index >= 15 is 0 Å². The minimum absolute atomic E-state index is 0.665. The molecule has 0 aliphatic heterocycles. The second-order valence-corrected chi connectivity index (χ2v) is 4.54. The summed E-state index contributed by atoms with van der Waals surface area (Å²) in [5.74, 6) is 0. The number of ether oxygens (including phenoxy) is 3. The first-order chi connectivity index (χ1) is 9.88. The van der Waals surface area contributed by atoms with Crippen molar-refractivity contribution in [3.63, 3.8) is 0 Å². The summed E-state index contributed by atoms with van der Waals surface area (Å²) in [4.78, 5) is 0. The molecule has 1 aromatic rings. The SMILES string of the molecule is CCOCc1ccccc1CNCCCOCCOC. The molecular weight excluding hydrogens is 254 g/mol. The minimum atomic E-state index is 0.665. The number of hydrogen-bond acceptors (Lipinski definition) is 4. The van der Waals surface area contributed by atoms with Gasteiger partial charge in [0.1, 0.15) is 0 Å². The van der Waals surface area contributed by atoms with Gasteiger partial charge in [0.25, 0.3) is 0 Å². The van der Waals surface area contributed by atoms with Crippen molar-refractivity contribution in [3.8, 4) is 0 Å². The maximum atomic E-state index is 5.48. The van der Waals surface area contributed by atoms with Gasteiger partial charge in [-0.1, -0.05) is 24.3 Å². The van der Waals surface area contributed by atoms with Gasteiger partial charge in [-0.2, -0.15) is 0 Å². The highest BCUT2D eigenvalue weighted by molar-refractivity contribution is 5.26. The molecule has 0 heterocycles. The summed E-state index contributed by atoms with van der Waals surface area (Å²) in [6, 6.07) is 8.40. The van der Waals surface area contributed by atoms with Gasteiger partial charge in [-0.3, -0.25) is 0 Å². The number of nitrogens with one attached hydrogen (secondary N) is 1. The van der Waals surface area contributed by atoms with Gasteiger partial charge >= 0.3 is 0 Å². The molecule has 4 nitrogen and oxygen atoms in total. The Hall–Kier alpha value is -0.940. The first-order valence-electron chi connectivity index (χ1n) is 7.30. The topological polar surface area (TPSA) is 39.7 Å². The van der Waals surface area contributed by atoms with Crippen LogP contribution in [0.2, 0.25) is 0 Å². The van der Waals surface area contributed by atoms with Gasteiger partial charge < -0.3 is 19.5 Å². The zero-order chi connectivity index (χ0) is 14.5. The van der Waals surface area contributed by atoms with Gasteiger partial charge in [-0.25, -0.2) is 0 Å². The summed E-state index contributed by atoms with van der Waals surface area (Å²) >= 11 is 0. The van der Waals surface area contributed by atoms with E-state index < -0.39 is 0 Å². The minimum Gasteiger partial charge on any atom is -0.382 e. The van der Waals surface area contributed by atoms with Crippen LogP contribution in [0.25, 0.3) is 0 Å². The molecule has 20 heavy (non-hydrogen) atoms. The molecule has 1 N–H and O–H groups in total. The zero-order valence-electron chi connectivity index (χ0n) is 12.7. The van der Waals surface area contributed by atoms with Crippen molar-refractivity contribution >= 4 is 0 Å². The molecule has 0 bridgehead atoms. The normalized spacial score (nSPS) is 10.9. The molecule has 0 amide bonds. The molecule has 4 heteroatoms. The summed E-state index contributed by atoms with van der Waals surface area (Å²) in [7, 11) is 1.69. The highest BCUT2D eigenvalue weighted by atomic mass is 16.5. The number of benzene rings is 1. The lowest BCUT2D eigenvalue weighted by Gasteiger charge is -2.10. The van der Waals surface area contributed by atoms with Crippen molar-refractivity contribution in [1.82, 2.24) is 5.32 Å². The monoisotopic (exact) mass is 281 g/mol. The third-order valence-corrected chi connectivity index (χ3v) is 2.97. The highest BCUT2D eigenvalue weighted by Gasteiger charge is 2.01. The van der Waals surface area contributed by atoms with Gasteiger partial charge in [0.15, 0.2) is 0 Å². The average molecular weight is 281 g/mol. The third-order valence-electron chi connectivity index (χ3n) is 2.97. The van der Waals surface area contributed by atoms with Crippen LogP contribution in [-0.2, 0) is 27.4 Å². The van der Waals surface area contributed by atoms with Crippen LogP contribution in [0.15, 0.2) is 24.3 Å². The molecule has 0 saturated heterocycles. The molecule has 0 fully saturated rings. The Labute approximate surface area is 122 Å². The van der Waals surface area contributed by atoms with Crippen LogP contribution in [0.4, 0.5) is 0 Å². The lowest BCUT2D eigenvalue weighted by molar-refractivity contribution is 0.0694. The Morgan fingerprint density at radius 3 is 2.55 bits per heavy atom. The van der Waals surface area contributed by atoms with Crippen LogP contribution in [0.5, 0.6) is 0 Å². The van der Waals surface area contributed by atoms with E-state index in [-0.39, 0.29) is 0 Å². The summed E-state index contributed by atoms with van der Waals surface area (Å²) in [5, 5.41) is 3.44.